The molecule has 1 rings (SSSR count). The van der Waals surface area contributed by atoms with E-state index in [2.05, 4.69) is 73.2 Å². The summed E-state index contributed by atoms with van der Waals surface area (Å²) in [5, 5.41) is 3.59. The van der Waals surface area contributed by atoms with Gasteiger partial charge in [0.25, 0.3) is 0 Å². The van der Waals surface area contributed by atoms with E-state index in [4.69, 9.17) is 0 Å². The van der Waals surface area contributed by atoms with Crippen LogP contribution in [0, 0.1) is 11.3 Å². The lowest BCUT2D eigenvalue weighted by molar-refractivity contribution is 0.314. The predicted molar refractivity (Wildman–Crippen MR) is 93.2 cm³/mol. The van der Waals surface area contributed by atoms with Gasteiger partial charge in [0.05, 0.1) is 0 Å². The number of hydrogen-bond acceptors (Lipinski definition) is 1. The highest BCUT2D eigenvalue weighted by Gasteiger charge is 2.15. The Labute approximate surface area is 133 Å². The SMILES string of the molecule is CCCNCC(CCC(C)(C)C)Cc1ccc(Br)cc1. The first-order chi connectivity index (χ1) is 9.40. The zero-order valence-electron chi connectivity index (χ0n) is 13.5. The minimum absolute atomic E-state index is 0.433. The molecule has 0 heterocycles. The summed E-state index contributed by atoms with van der Waals surface area (Å²) in [5.74, 6) is 0.738. The average molecular weight is 340 g/mol. The molecule has 0 bridgehead atoms. The minimum Gasteiger partial charge on any atom is -0.316 e. The molecular formula is C18H30BrN. The highest BCUT2D eigenvalue weighted by molar-refractivity contribution is 9.10. The molecule has 114 valence electrons. The molecule has 1 atom stereocenters. The van der Waals surface area contributed by atoms with E-state index in [0.29, 0.717) is 5.41 Å². The second-order valence-corrected chi connectivity index (χ2v) is 7.92. The molecule has 0 aliphatic rings. The van der Waals surface area contributed by atoms with E-state index in [1.807, 2.05) is 0 Å². The van der Waals surface area contributed by atoms with Crippen molar-refractivity contribution < 1.29 is 0 Å². The minimum atomic E-state index is 0.433. The van der Waals surface area contributed by atoms with Gasteiger partial charge in [0.1, 0.15) is 0 Å². The molecule has 0 saturated carbocycles. The van der Waals surface area contributed by atoms with E-state index >= 15 is 0 Å². The molecule has 0 fully saturated rings. The number of nitrogens with one attached hydrogen (secondary N) is 1. The van der Waals surface area contributed by atoms with Gasteiger partial charge in [0.2, 0.25) is 0 Å². The second kappa shape index (κ2) is 8.84. The Balaban J connectivity index is 2.54. The molecule has 0 aliphatic heterocycles. The van der Waals surface area contributed by atoms with Gasteiger partial charge >= 0.3 is 0 Å². The van der Waals surface area contributed by atoms with Gasteiger partial charge in [-0.05, 0) is 67.8 Å². The summed E-state index contributed by atoms with van der Waals surface area (Å²) in [6.07, 6.45) is 4.99. The maximum atomic E-state index is 3.59. The molecule has 0 radical (unpaired) electrons. The van der Waals surface area contributed by atoms with Crippen molar-refractivity contribution in [3.8, 4) is 0 Å². The van der Waals surface area contributed by atoms with Gasteiger partial charge < -0.3 is 5.32 Å². The largest absolute Gasteiger partial charge is 0.316 e. The molecule has 0 aliphatic carbocycles. The quantitative estimate of drug-likeness (QED) is 0.622. The Hall–Kier alpha value is -0.340. The summed E-state index contributed by atoms with van der Waals surface area (Å²) in [4.78, 5) is 0. The van der Waals surface area contributed by atoms with Crippen LogP contribution in [0.5, 0.6) is 0 Å². The smallest absolute Gasteiger partial charge is 0.0175 e. The van der Waals surface area contributed by atoms with Crippen LogP contribution in [0.2, 0.25) is 0 Å². The van der Waals surface area contributed by atoms with Gasteiger partial charge in [-0.1, -0.05) is 55.8 Å². The van der Waals surface area contributed by atoms with E-state index in [0.717, 1.165) is 23.5 Å². The standard InChI is InChI=1S/C18H30BrN/c1-5-12-20-14-16(10-11-18(2,3)4)13-15-6-8-17(19)9-7-15/h6-9,16,20H,5,10-14H2,1-4H3. The van der Waals surface area contributed by atoms with Crippen molar-refractivity contribution in [3.05, 3.63) is 34.3 Å². The van der Waals surface area contributed by atoms with Crippen molar-refractivity contribution in [2.24, 2.45) is 11.3 Å². The molecule has 1 nitrogen and oxygen atoms in total. The lowest BCUT2D eigenvalue weighted by Gasteiger charge is -2.23. The fourth-order valence-corrected chi connectivity index (χ4v) is 2.61. The van der Waals surface area contributed by atoms with E-state index < -0.39 is 0 Å². The summed E-state index contributed by atoms with van der Waals surface area (Å²) in [6.45, 7) is 11.5. The number of benzene rings is 1. The van der Waals surface area contributed by atoms with Gasteiger partial charge in [-0.15, -0.1) is 0 Å². The van der Waals surface area contributed by atoms with Crippen LogP contribution in [0.1, 0.15) is 52.5 Å². The highest BCUT2D eigenvalue weighted by atomic mass is 79.9. The molecule has 1 aromatic rings. The topological polar surface area (TPSA) is 12.0 Å². The number of halogens is 1. The van der Waals surface area contributed by atoms with Gasteiger partial charge in [0.15, 0.2) is 0 Å². The maximum Gasteiger partial charge on any atom is 0.0175 e. The van der Waals surface area contributed by atoms with Gasteiger partial charge in [-0.2, -0.15) is 0 Å². The van der Waals surface area contributed by atoms with Gasteiger partial charge in [0, 0.05) is 4.47 Å². The van der Waals surface area contributed by atoms with E-state index in [-0.39, 0.29) is 0 Å². The molecule has 0 saturated heterocycles. The highest BCUT2D eigenvalue weighted by Crippen LogP contribution is 2.25. The van der Waals surface area contributed by atoms with E-state index in [9.17, 15) is 0 Å². The Morgan fingerprint density at radius 1 is 1.15 bits per heavy atom. The van der Waals surface area contributed by atoms with Crippen molar-refractivity contribution in [3.63, 3.8) is 0 Å². The van der Waals surface area contributed by atoms with Crippen LogP contribution in [0.3, 0.4) is 0 Å². The summed E-state index contributed by atoms with van der Waals surface area (Å²) in [5.41, 5.74) is 1.88. The summed E-state index contributed by atoms with van der Waals surface area (Å²) in [7, 11) is 0. The molecule has 20 heavy (non-hydrogen) atoms. The molecule has 1 aromatic carbocycles. The molecular weight excluding hydrogens is 310 g/mol. The lowest BCUT2D eigenvalue weighted by atomic mass is 9.84. The Bertz CT molecular complexity index is 364. The van der Waals surface area contributed by atoms with Crippen molar-refractivity contribution in [1.29, 1.82) is 0 Å². The van der Waals surface area contributed by atoms with Crippen LogP contribution >= 0.6 is 15.9 Å². The van der Waals surface area contributed by atoms with Crippen molar-refractivity contribution in [1.82, 2.24) is 5.32 Å². The lowest BCUT2D eigenvalue weighted by Crippen LogP contribution is -2.26. The Morgan fingerprint density at radius 3 is 2.35 bits per heavy atom. The van der Waals surface area contributed by atoms with E-state index in [1.165, 1.54) is 31.2 Å². The Kier molecular flexibility index (Phi) is 7.83. The predicted octanol–water partition coefficient (Wildman–Crippen LogP) is 5.43. The molecule has 1 N–H and O–H groups in total. The monoisotopic (exact) mass is 339 g/mol. The zero-order chi connectivity index (χ0) is 15.0. The van der Waals surface area contributed by atoms with Gasteiger partial charge in [-0.25, -0.2) is 0 Å². The van der Waals surface area contributed by atoms with Gasteiger partial charge in [-0.3, -0.25) is 0 Å². The van der Waals surface area contributed by atoms with Crippen LogP contribution in [-0.2, 0) is 6.42 Å². The molecule has 0 spiro atoms. The summed E-state index contributed by atoms with van der Waals surface area (Å²) < 4.78 is 1.16. The summed E-state index contributed by atoms with van der Waals surface area (Å²) >= 11 is 3.51. The third-order valence-electron chi connectivity index (χ3n) is 3.60. The molecule has 1 unspecified atom stereocenters. The van der Waals surface area contributed by atoms with Crippen molar-refractivity contribution in [2.75, 3.05) is 13.1 Å². The van der Waals surface area contributed by atoms with Crippen molar-refractivity contribution >= 4 is 15.9 Å². The Morgan fingerprint density at radius 2 is 1.80 bits per heavy atom. The first-order valence-corrected chi connectivity index (χ1v) is 8.65. The second-order valence-electron chi connectivity index (χ2n) is 7.00. The van der Waals surface area contributed by atoms with Crippen LogP contribution in [-0.4, -0.2) is 13.1 Å². The van der Waals surface area contributed by atoms with E-state index in [1.54, 1.807) is 0 Å². The van der Waals surface area contributed by atoms with Crippen molar-refractivity contribution in [2.45, 2.75) is 53.4 Å². The zero-order valence-corrected chi connectivity index (χ0v) is 15.1. The first kappa shape index (κ1) is 17.7. The average Bonchev–Trinajstić information content (AvgIpc) is 2.37. The first-order valence-electron chi connectivity index (χ1n) is 7.86. The third-order valence-corrected chi connectivity index (χ3v) is 4.13. The van der Waals surface area contributed by atoms with Crippen LogP contribution in [0.15, 0.2) is 28.7 Å². The fourth-order valence-electron chi connectivity index (χ4n) is 2.35. The molecule has 0 amide bonds. The fraction of sp³-hybridized carbons (Fsp3) is 0.667. The van der Waals surface area contributed by atoms with Crippen LogP contribution in [0.4, 0.5) is 0 Å². The van der Waals surface area contributed by atoms with Crippen LogP contribution < -0.4 is 5.32 Å². The summed E-state index contributed by atoms with van der Waals surface area (Å²) in [6, 6.07) is 8.78. The number of rotatable bonds is 8. The normalized spacial score (nSPS) is 13.4. The molecule has 0 aromatic heterocycles. The molecule has 2 heteroatoms. The number of hydrogen-bond donors (Lipinski definition) is 1. The maximum absolute atomic E-state index is 3.59. The third kappa shape index (κ3) is 8.06. The van der Waals surface area contributed by atoms with Crippen LogP contribution in [0.25, 0.3) is 0 Å².